The van der Waals surface area contributed by atoms with Crippen molar-refractivity contribution in [2.24, 2.45) is 0 Å². The molecule has 0 aliphatic carbocycles. The topological polar surface area (TPSA) is 110 Å². The van der Waals surface area contributed by atoms with E-state index in [1.165, 1.54) is 30.3 Å². The van der Waals surface area contributed by atoms with E-state index in [4.69, 9.17) is 16.3 Å². The van der Waals surface area contributed by atoms with Crippen LogP contribution in [0.2, 0.25) is 5.02 Å². The van der Waals surface area contributed by atoms with Crippen LogP contribution in [-0.4, -0.2) is 32.7 Å². The Bertz CT molecular complexity index is 1070. The molecule has 0 radical (unpaired) electrons. The summed E-state index contributed by atoms with van der Waals surface area (Å²) in [7, 11) is 0. The minimum absolute atomic E-state index is 0.00150. The summed E-state index contributed by atoms with van der Waals surface area (Å²) in [6.07, 6.45) is 1.27. The van der Waals surface area contributed by atoms with Crippen LogP contribution in [0.4, 0.5) is 14.9 Å². The Morgan fingerprint density at radius 1 is 1.37 bits per heavy atom. The smallest absolute Gasteiger partial charge is 0.315 e. The summed E-state index contributed by atoms with van der Waals surface area (Å²) in [4.78, 5) is 36.2. The number of carbonyl (C=O) groups excluding carboxylic acids is 2. The first-order valence-electron chi connectivity index (χ1n) is 8.55. The molecule has 2 aromatic carbocycles. The molecule has 1 aliphatic rings. The predicted molar refractivity (Wildman–Crippen MR) is 109 cm³/mol. The quantitative estimate of drug-likeness (QED) is 0.383. The van der Waals surface area contributed by atoms with Gasteiger partial charge in [0.05, 0.1) is 23.0 Å². The summed E-state index contributed by atoms with van der Waals surface area (Å²) in [5.41, 5.74) is -0.427. The highest BCUT2D eigenvalue weighted by Crippen LogP contribution is 2.40. The summed E-state index contributed by atoms with van der Waals surface area (Å²) in [5, 5.41) is 20.6. The van der Waals surface area contributed by atoms with Gasteiger partial charge >= 0.3 is 5.69 Å². The van der Waals surface area contributed by atoms with E-state index in [1.807, 2.05) is 0 Å². The van der Waals surface area contributed by atoms with Crippen molar-refractivity contribution in [2.75, 3.05) is 6.61 Å². The van der Waals surface area contributed by atoms with Crippen LogP contribution in [-0.2, 0) is 11.3 Å². The summed E-state index contributed by atoms with van der Waals surface area (Å²) < 4.78 is 19.2. The lowest BCUT2D eigenvalue weighted by molar-refractivity contribution is -0.386. The number of nitrogens with zero attached hydrogens (tertiary/aromatic N) is 2. The zero-order valence-electron chi connectivity index (χ0n) is 15.4. The van der Waals surface area contributed by atoms with Crippen molar-refractivity contribution < 1.29 is 28.7 Å². The number of hydrogen-bond donors (Lipinski definition) is 1. The number of phenolic OH excluding ortho intramolecular Hbond substituents is 1. The molecular formula is C19H14ClFN2O6S. The van der Waals surface area contributed by atoms with E-state index in [1.54, 1.807) is 6.92 Å². The molecule has 0 unspecified atom stereocenters. The molecule has 1 fully saturated rings. The molecule has 0 aromatic heterocycles. The van der Waals surface area contributed by atoms with E-state index < -0.39 is 33.3 Å². The van der Waals surface area contributed by atoms with Gasteiger partial charge in [-0.1, -0.05) is 17.7 Å². The second-order valence-corrected chi connectivity index (χ2v) is 7.45. The highest BCUT2D eigenvalue weighted by atomic mass is 35.5. The maximum Gasteiger partial charge on any atom is 0.315 e. The summed E-state index contributed by atoms with van der Waals surface area (Å²) in [6.45, 7) is 1.43. The molecular weight excluding hydrogens is 439 g/mol. The van der Waals surface area contributed by atoms with Gasteiger partial charge in [-0.2, -0.15) is 0 Å². The molecule has 8 nitrogen and oxygen atoms in total. The lowest BCUT2D eigenvalue weighted by Crippen LogP contribution is -2.28. The van der Waals surface area contributed by atoms with Crippen LogP contribution in [0.5, 0.6) is 11.5 Å². The second-order valence-electron chi connectivity index (χ2n) is 6.04. The SMILES string of the molecule is CCOc1cc(C=C2SC(=O)N(Cc3c(F)cccc3Cl)C2=O)cc([N+](=O)[O-])c1O. The van der Waals surface area contributed by atoms with Gasteiger partial charge < -0.3 is 9.84 Å². The lowest BCUT2D eigenvalue weighted by atomic mass is 10.1. The van der Waals surface area contributed by atoms with Crippen LogP contribution < -0.4 is 4.74 Å². The molecule has 0 saturated carbocycles. The van der Waals surface area contributed by atoms with Crippen LogP contribution in [0.3, 0.4) is 0 Å². The number of ether oxygens (including phenoxy) is 1. The zero-order valence-corrected chi connectivity index (χ0v) is 17.0. The fraction of sp³-hybridized carbons (Fsp3) is 0.158. The minimum atomic E-state index is -0.791. The third kappa shape index (κ3) is 4.24. The molecule has 2 amide bonds. The van der Waals surface area contributed by atoms with Gasteiger partial charge in [0, 0.05) is 16.7 Å². The van der Waals surface area contributed by atoms with Crippen molar-refractivity contribution in [1.82, 2.24) is 4.90 Å². The van der Waals surface area contributed by atoms with Gasteiger partial charge in [-0.05, 0) is 48.5 Å². The molecule has 0 atom stereocenters. The number of hydrogen-bond acceptors (Lipinski definition) is 7. The fourth-order valence-corrected chi connectivity index (χ4v) is 3.79. The Hall–Kier alpha value is -3.11. The normalized spacial score (nSPS) is 15.2. The van der Waals surface area contributed by atoms with Gasteiger partial charge in [0.25, 0.3) is 11.1 Å². The number of halogens is 2. The molecule has 3 rings (SSSR count). The maximum atomic E-state index is 14.0. The van der Waals surface area contributed by atoms with Crippen LogP contribution in [0, 0.1) is 15.9 Å². The molecule has 1 aliphatic heterocycles. The molecule has 1 heterocycles. The third-order valence-corrected chi connectivity index (χ3v) is 5.38. The first-order valence-corrected chi connectivity index (χ1v) is 9.74. The van der Waals surface area contributed by atoms with Gasteiger partial charge in [-0.15, -0.1) is 0 Å². The first-order chi connectivity index (χ1) is 14.2. The van der Waals surface area contributed by atoms with Crippen molar-refractivity contribution in [2.45, 2.75) is 13.5 Å². The predicted octanol–water partition coefficient (Wildman–Crippen LogP) is 4.73. The monoisotopic (exact) mass is 452 g/mol. The van der Waals surface area contributed by atoms with Crippen molar-refractivity contribution >= 4 is 46.3 Å². The number of thioether (sulfide) groups is 1. The molecule has 11 heteroatoms. The zero-order chi connectivity index (χ0) is 22.0. The number of nitro benzene ring substituents is 1. The lowest BCUT2D eigenvalue weighted by Gasteiger charge is -2.14. The third-order valence-electron chi connectivity index (χ3n) is 4.12. The number of imide groups is 1. The highest BCUT2D eigenvalue weighted by Gasteiger charge is 2.36. The van der Waals surface area contributed by atoms with Gasteiger partial charge in [-0.25, -0.2) is 4.39 Å². The molecule has 0 bridgehead atoms. The molecule has 30 heavy (non-hydrogen) atoms. The fourth-order valence-electron chi connectivity index (χ4n) is 2.73. The summed E-state index contributed by atoms with van der Waals surface area (Å²) >= 11 is 6.57. The standard InChI is InChI=1S/C19H14ClFN2O6S/c1-2-29-15-7-10(6-14(17(15)24)23(27)28)8-16-18(25)22(19(26)30-16)9-11-12(20)4-3-5-13(11)21/h3-8,24H,2,9H2,1H3. The number of amides is 2. The molecule has 156 valence electrons. The van der Waals surface area contributed by atoms with E-state index in [0.717, 1.165) is 11.0 Å². The average Bonchev–Trinajstić information content (AvgIpc) is 2.94. The largest absolute Gasteiger partial charge is 0.500 e. The second kappa shape index (κ2) is 8.72. The number of rotatable bonds is 6. The van der Waals surface area contributed by atoms with Crippen molar-refractivity contribution in [3.8, 4) is 11.5 Å². The molecule has 0 spiro atoms. The summed E-state index contributed by atoms with van der Waals surface area (Å²) in [6, 6.07) is 6.39. The first kappa shape index (κ1) is 21.6. The average molecular weight is 453 g/mol. The number of benzene rings is 2. The van der Waals surface area contributed by atoms with Gasteiger partial charge in [-0.3, -0.25) is 24.6 Å². The number of nitro groups is 1. The highest BCUT2D eigenvalue weighted by molar-refractivity contribution is 8.18. The number of phenols is 1. The van der Waals surface area contributed by atoms with E-state index in [-0.39, 0.29) is 40.0 Å². The maximum absolute atomic E-state index is 14.0. The van der Waals surface area contributed by atoms with Crippen LogP contribution >= 0.6 is 23.4 Å². The van der Waals surface area contributed by atoms with Gasteiger partial charge in [0.2, 0.25) is 5.75 Å². The van der Waals surface area contributed by atoms with E-state index >= 15 is 0 Å². The van der Waals surface area contributed by atoms with Crippen molar-refractivity contribution in [3.63, 3.8) is 0 Å². The summed E-state index contributed by atoms with van der Waals surface area (Å²) in [5.74, 6) is -2.12. The minimum Gasteiger partial charge on any atom is -0.500 e. The van der Waals surface area contributed by atoms with Crippen LogP contribution in [0.25, 0.3) is 6.08 Å². The van der Waals surface area contributed by atoms with Gasteiger partial charge in [0.1, 0.15) is 5.82 Å². The molecule has 2 aromatic rings. The number of carbonyl (C=O) groups is 2. The van der Waals surface area contributed by atoms with E-state index in [9.17, 15) is 29.2 Å². The molecule has 1 saturated heterocycles. The van der Waals surface area contributed by atoms with Crippen molar-refractivity contribution in [1.29, 1.82) is 0 Å². The Morgan fingerprint density at radius 2 is 2.10 bits per heavy atom. The van der Waals surface area contributed by atoms with E-state index in [0.29, 0.717) is 11.8 Å². The Balaban J connectivity index is 1.95. The Kier molecular flexibility index (Phi) is 6.28. The van der Waals surface area contributed by atoms with Crippen LogP contribution in [0.15, 0.2) is 35.2 Å². The Labute approximate surface area is 179 Å². The van der Waals surface area contributed by atoms with E-state index in [2.05, 4.69) is 0 Å². The van der Waals surface area contributed by atoms with Gasteiger partial charge in [0.15, 0.2) is 5.75 Å². The Morgan fingerprint density at radius 3 is 2.73 bits per heavy atom. The van der Waals surface area contributed by atoms with Crippen molar-refractivity contribution in [3.05, 3.63) is 67.3 Å². The number of aromatic hydroxyl groups is 1. The van der Waals surface area contributed by atoms with Crippen LogP contribution in [0.1, 0.15) is 18.1 Å². The molecule has 1 N–H and O–H groups in total.